The molecule has 0 amide bonds. The summed E-state index contributed by atoms with van der Waals surface area (Å²) in [7, 11) is 0. The van der Waals surface area contributed by atoms with E-state index in [1.807, 2.05) is 0 Å². The van der Waals surface area contributed by atoms with E-state index in [9.17, 15) is 5.11 Å². The van der Waals surface area contributed by atoms with E-state index in [0.29, 0.717) is 12.0 Å². The molecule has 0 aliphatic rings. The van der Waals surface area contributed by atoms with Gasteiger partial charge in [-0.05, 0) is 31.1 Å². The van der Waals surface area contributed by atoms with E-state index in [0.717, 1.165) is 19.3 Å². The minimum Gasteiger partial charge on any atom is -0.378 e. The molecule has 0 aromatic heterocycles. The molecule has 0 bridgehead atoms. The van der Waals surface area contributed by atoms with Crippen molar-refractivity contribution in [2.45, 2.75) is 73.1 Å². The summed E-state index contributed by atoms with van der Waals surface area (Å²) >= 11 is 0. The summed E-state index contributed by atoms with van der Waals surface area (Å²) in [5.41, 5.74) is 0.243. The third-order valence-electron chi connectivity index (χ3n) is 3.79. The molecule has 0 saturated carbocycles. The average Bonchev–Trinajstić information content (AvgIpc) is 2.17. The second-order valence-corrected chi connectivity index (χ2v) is 5.44. The quantitative estimate of drug-likeness (QED) is 0.639. The van der Waals surface area contributed by atoms with Crippen molar-refractivity contribution in [2.24, 2.45) is 11.3 Å². The number of aliphatic hydroxyl groups excluding tert-OH is 1. The smallest absolute Gasteiger partial charge is 0.107 e. The number of hydrogen-bond donors (Lipinski definition) is 2. The van der Waals surface area contributed by atoms with Crippen LogP contribution in [-0.2, 0) is 0 Å². The number of nitrogens with one attached hydrogen (secondary N) is 1. The van der Waals surface area contributed by atoms with Crippen LogP contribution in [0.25, 0.3) is 0 Å². The lowest BCUT2D eigenvalue weighted by molar-refractivity contribution is 0.0471. The van der Waals surface area contributed by atoms with Gasteiger partial charge < -0.3 is 5.11 Å². The van der Waals surface area contributed by atoms with E-state index in [1.165, 1.54) is 0 Å². The second kappa shape index (κ2) is 6.49. The molecule has 0 radical (unpaired) electrons. The van der Waals surface area contributed by atoms with Crippen LogP contribution in [0, 0.1) is 11.3 Å². The maximum absolute atomic E-state index is 9.97. The molecule has 15 heavy (non-hydrogen) atoms. The maximum atomic E-state index is 9.97. The van der Waals surface area contributed by atoms with Crippen LogP contribution in [0.2, 0.25) is 0 Å². The van der Waals surface area contributed by atoms with Crippen molar-refractivity contribution in [2.75, 3.05) is 0 Å². The van der Waals surface area contributed by atoms with Gasteiger partial charge in [-0.1, -0.05) is 41.0 Å². The Bertz CT molecular complexity index is 168. The lowest BCUT2D eigenvalue weighted by atomic mass is 9.82. The highest BCUT2D eigenvalue weighted by molar-refractivity contribution is 4.81. The van der Waals surface area contributed by atoms with Crippen molar-refractivity contribution in [1.82, 2.24) is 5.32 Å². The normalized spacial score (nSPS) is 18.6. The minimum atomic E-state index is -0.370. The SMILES string of the molecule is CCCC(C)[C@@H](O)N[C@H](C)C(C)(C)CC. The Morgan fingerprint density at radius 2 is 1.73 bits per heavy atom. The number of aliphatic hydroxyl groups is 1. The van der Waals surface area contributed by atoms with Crippen molar-refractivity contribution < 1.29 is 5.11 Å². The molecule has 0 aromatic rings. The van der Waals surface area contributed by atoms with Gasteiger partial charge in [-0.25, -0.2) is 0 Å². The van der Waals surface area contributed by atoms with Crippen molar-refractivity contribution >= 4 is 0 Å². The standard InChI is InChI=1S/C13H29NO/c1-7-9-10(3)12(15)14-11(4)13(5,6)8-2/h10-12,14-15H,7-9H2,1-6H3/t10?,11-,12-/m1/s1. The fourth-order valence-electron chi connectivity index (χ4n) is 1.57. The number of rotatable bonds is 7. The summed E-state index contributed by atoms with van der Waals surface area (Å²) in [6, 6.07) is 0.344. The van der Waals surface area contributed by atoms with Gasteiger partial charge in [0.1, 0.15) is 6.23 Å². The Morgan fingerprint density at radius 1 is 1.20 bits per heavy atom. The van der Waals surface area contributed by atoms with E-state index < -0.39 is 0 Å². The molecule has 0 aromatic carbocycles. The lowest BCUT2D eigenvalue weighted by Gasteiger charge is -2.34. The second-order valence-electron chi connectivity index (χ2n) is 5.44. The van der Waals surface area contributed by atoms with Crippen LogP contribution in [0.4, 0.5) is 0 Å². The molecule has 0 aliphatic heterocycles. The van der Waals surface area contributed by atoms with E-state index in [2.05, 4.69) is 46.9 Å². The fourth-order valence-corrected chi connectivity index (χ4v) is 1.57. The summed E-state index contributed by atoms with van der Waals surface area (Å²) in [5, 5.41) is 13.3. The van der Waals surface area contributed by atoms with Gasteiger partial charge in [0, 0.05) is 6.04 Å². The van der Waals surface area contributed by atoms with E-state index in [1.54, 1.807) is 0 Å². The van der Waals surface area contributed by atoms with Gasteiger partial charge in [0.15, 0.2) is 0 Å². The molecule has 2 heteroatoms. The summed E-state index contributed by atoms with van der Waals surface area (Å²) < 4.78 is 0. The van der Waals surface area contributed by atoms with Crippen LogP contribution in [0.5, 0.6) is 0 Å². The Kier molecular flexibility index (Phi) is 6.46. The van der Waals surface area contributed by atoms with E-state index in [4.69, 9.17) is 0 Å². The zero-order valence-corrected chi connectivity index (χ0v) is 11.3. The first-order valence-electron chi connectivity index (χ1n) is 6.29. The Labute approximate surface area is 95.5 Å². The highest BCUT2D eigenvalue weighted by Crippen LogP contribution is 2.25. The van der Waals surface area contributed by atoms with Crippen molar-refractivity contribution in [1.29, 1.82) is 0 Å². The molecule has 1 unspecified atom stereocenters. The first-order valence-corrected chi connectivity index (χ1v) is 6.29. The van der Waals surface area contributed by atoms with Crippen LogP contribution >= 0.6 is 0 Å². The van der Waals surface area contributed by atoms with Gasteiger partial charge in [0.2, 0.25) is 0 Å². The highest BCUT2D eigenvalue weighted by Gasteiger charge is 2.26. The van der Waals surface area contributed by atoms with Gasteiger partial charge in [0.05, 0.1) is 0 Å². The summed E-state index contributed by atoms with van der Waals surface area (Å²) in [6.07, 6.45) is 2.96. The van der Waals surface area contributed by atoms with Gasteiger partial charge in [-0.3, -0.25) is 5.32 Å². The third-order valence-corrected chi connectivity index (χ3v) is 3.79. The first-order chi connectivity index (χ1) is 6.85. The van der Waals surface area contributed by atoms with Gasteiger partial charge >= 0.3 is 0 Å². The molecule has 2 N–H and O–H groups in total. The zero-order chi connectivity index (χ0) is 12.1. The topological polar surface area (TPSA) is 32.3 Å². The predicted molar refractivity (Wildman–Crippen MR) is 66.7 cm³/mol. The molecular weight excluding hydrogens is 186 g/mol. The molecule has 0 spiro atoms. The van der Waals surface area contributed by atoms with Crippen LogP contribution in [0.15, 0.2) is 0 Å². The Hall–Kier alpha value is -0.0800. The van der Waals surface area contributed by atoms with Crippen LogP contribution in [0.3, 0.4) is 0 Å². The minimum absolute atomic E-state index is 0.243. The molecule has 92 valence electrons. The van der Waals surface area contributed by atoms with E-state index in [-0.39, 0.29) is 11.6 Å². The van der Waals surface area contributed by atoms with Crippen LogP contribution < -0.4 is 5.32 Å². The van der Waals surface area contributed by atoms with Crippen LogP contribution in [0.1, 0.15) is 60.8 Å². The Morgan fingerprint density at radius 3 is 2.13 bits per heavy atom. The molecule has 0 heterocycles. The molecule has 0 aliphatic carbocycles. The third kappa shape index (κ3) is 4.98. The predicted octanol–water partition coefficient (Wildman–Crippen LogP) is 3.16. The van der Waals surface area contributed by atoms with Crippen LogP contribution in [-0.4, -0.2) is 17.4 Å². The van der Waals surface area contributed by atoms with Gasteiger partial charge in [-0.15, -0.1) is 0 Å². The van der Waals surface area contributed by atoms with Crippen molar-refractivity contribution in [3.63, 3.8) is 0 Å². The molecule has 0 saturated heterocycles. The lowest BCUT2D eigenvalue weighted by Crippen LogP contribution is -2.47. The monoisotopic (exact) mass is 215 g/mol. The molecule has 3 atom stereocenters. The highest BCUT2D eigenvalue weighted by atomic mass is 16.3. The Balaban J connectivity index is 4.11. The van der Waals surface area contributed by atoms with Gasteiger partial charge in [-0.2, -0.15) is 0 Å². The van der Waals surface area contributed by atoms with Crippen molar-refractivity contribution in [3.8, 4) is 0 Å². The zero-order valence-electron chi connectivity index (χ0n) is 11.3. The average molecular weight is 215 g/mol. The van der Waals surface area contributed by atoms with E-state index >= 15 is 0 Å². The largest absolute Gasteiger partial charge is 0.378 e. The molecule has 0 fully saturated rings. The molecule has 2 nitrogen and oxygen atoms in total. The van der Waals surface area contributed by atoms with Crippen molar-refractivity contribution in [3.05, 3.63) is 0 Å². The summed E-state index contributed by atoms with van der Waals surface area (Å²) in [6.45, 7) is 13.1. The summed E-state index contributed by atoms with van der Waals surface area (Å²) in [5.74, 6) is 0.338. The molecular formula is C13H29NO. The number of hydrogen-bond acceptors (Lipinski definition) is 2. The first kappa shape index (κ1) is 14.9. The maximum Gasteiger partial charge on any atom is 0.107 e. The fraction of sp³-hybridized carbons (Fsp3) is 1.00. The molecule has 0 rings (SSSR count). The summed E-state index contributed by atoms with van der Waals surface area (Å²) in [4.78, 5) is 0. The van der Waals surface area contributed by atoms with Gasteiger partial charge in [0.25, 0.3) is 0 Å².